The second-order valence-corrected chi connectivity index (χ2v) is 4.58. The molecule has 4 heteroatoms. The Labute approximate surface area is 117 Å². The minimum atomic E-state index is -0.448. The van der Waals surface area contributed by atoms with Crippen LogP contribution in [0, 0.1) is 6.92 Å². The molecule has 0 saturated heterocycles. The lowest BCUT2D eigenvalue weighted by molar-refractivity contribution is 0.101. The Kier molecular flexibility index (Phi) is 3.84. The van der Waals surface area contributed by atoms with E-state index in [9.17, 15) is 14.7 Å². The number of carbonyl (C=O) groups is 2. The van der Waals surface area contributed by atoms with Gasteiger partial charge in [-0.1, -0.05) is 18.2 Å². The fourth-order valence-electron chi connectivity index (χ4n) is 1.92. The van der Waals surface area contributed by atoms with Gasteiger partial charge in [-0.25, -0.2) is 0 Å². The van der Waals surface area contributed by atoms with E-state index < -0.39 is 5.91 Å². The van der Waals surface area contributed by atoms with Crippen LogP contribution in [0.25, 0.3) is 0 Å². The van der Waals surface area contributed by atoms with Gasteiger partial charge in [0.25, 0.3) is 5.91 Å². The normalized spacial score (nSPS) is 10.1. The fraction of sp³-hybridized carbons (Fsp3) is 0.125. The van der Waals surface area contributed by atoms with E-state index in [1.807, 2.05) is 6.92 Å². The summed E-state index contributed by atoms with van der Waals surface area (Å²) in [5.74, 6) is -0.659. The van der Waals surface area contributed by atoms with Crippen molar-refractivity contribution in [1.82, 2.24) is 0 Å². The number of ketones is 1. The minimum Gasteiger partial charge on any atom is -0.507 e. The van der Waals surface area contributed by atoms with E-state index in [0.29, 0.717) is 11.3 Å². The van der Waals surface area contributed by atoms with E-state index in [4.69, 9.17) is 0 Å². The molecule has 2 aromatic rings. The van der Waals surface area contributed by atoms with Gasteiger partial charge in [-0.15, -0.1) is 0 Å². The number of benzene rings is 2. The number of Topliss-reactive ketones (excluding diaryl/α,β-unsaturated/α-hetero) is 1. The molecular formula is C16H15NO3. The van der Waals surface area contributed by atoms with Crippen LogP contribution in [0.1, 0.15) is 33.2 Å². The highest BCUT2D eigenvalue weighted by Crippen LogP contribution is 2.21. The zero-order valence-corrected chi connectivity index (χ0v) is 11.3. The Morgan fingerprint density at radius 3 is 2.40 bits per heavy atom. The number of aromatic hydroxyl groups is 1. The Bertz CT molecular complexity index is 677. The number of phenols is 1. The number of anilines is 1. The maximum atomic E-state index is 12.1. The van der Waals surface area contributed by atoms with Gasteiger partial charge in [-0.3, -0.25) is 9.59 Å². The molecule has 0 heterocycles. The number of phenolic OH excluding ortho intramolecular Hbond substituents is 1. The van der Waals surface area contributed by atoms with Crippen molar-refractivity contribution in [2.75, 3.05) is 5.32 Å². The lowest BCUT2D eigenvalue weighted by atomic mass is 10.1. The molecule has 20 heavy (non-hydrogen) atoms. The lowest BCUT2D eigenvalue weighted by Gasteiger charge is -2.10. The van der Waals surface area contributed by atoms with Gasteiger partial charge < -0.3 is 10.4 Å². The van der Waals surface area contributed by atoms with Gasteiger partial charge >= 0.3 is 0 Å². The van der Waals surface area contributed by atoms with E-state index in [0.717, 1.165) is 5.56 Å². The fourth-order valence-corrected chi connectivity index (χ4v) is 1.92. The number of aryl methyl sites for hydroxylation is 1. The summed E-state index contributed by atoms with van der Waals surface area (Å²) in [6.07, 6.45) is 0. The molecule has 4 nitrogen and oxygen atoms in total. The number of para-hydroxylation sites is 1. The Morgan fingerprint density at radius 1 is 1.05 bits per heavy atom. The van der Waals surface area contributed by atoms with Crippen molar-refractivity contribution >= 4 is 17.4 Å². The van der Waals surface area contributed by atoms with Crippen LogP contribution in [0.15, 0.2) is 42.5 Å². The van der Waals surface area contributed by atoms with Crippen LogP contribution in [0.5, 0.6) is 5.75 Å². The quantitative estimate of drug-likeness (QED) is 0.841. The third-order valence-corrected chi connectivity index (χ3v) is 2.95. The molecule has 0 spiro atoms. The van der Waals surface area contributed by atoms with Crippen LogP contribution in [0.2, 0.25) is 0 Å². The highest BCUT2D eigenvalue weighted by Gasteiger charge is 2.14. The molecule has 0 aliphatic carbocycles. The minimum absolute atomic E-state index is 0.0807. The number of rotatable bonds is 3. The van der Waals surface area contributed by atoms with Crippen LogP contribution in [0.4, 0.5) is 5.69 Å². The Hall–Kier alpha value is -2.62. The first-order valence-electron chi connectivity index (χ1n) is 6.20. The molecule has 1 amide bonds. The van der Waals surface area contributed by atoms with E-state index in [-0.39, 0.29) is 17.1 Å². The first-order valence-corrected chi connectivity index (χ1v) is 6.20. The van der Waals surface area contributed by atoms with E-state index in [1.165, 1.54) is 13.0 Å². The first-order chi connectivity index (χ1) is 9.49. The average molecular weight is 269 g/mol. The van der Waals surface area contributed by atoms with Crippen molar-refractivity contribution in [3.63, 3.8) is 0 Å². The molecule has 0 aliphatic rings. The van der Waals surface area contributed by atoms with Gasteiger partial charge in [0.15, 0.2) is 5.78 Å². The summed E-state index contributed by atoms with van der Waals surface area (Å²) in [6, 6.07) is 11.6. The van der Waals surface area contributed by atoms with Crippen LogP contribution in [0.3, 0.4) is 0 Å². The van der Waals surface area contributed by atoms with Gasteiger partial charge in [-0.2, -0.15) is 0 Å². The molecule has 0 aromatic heterocycles. The molecule has 0 radical (unpaired) electrons. The van der Waals surface area contributed by atoms with Gasteiger partial charge in [0.2, 0.25) is 0 Å². The summed E-state index contributed by atoms with van der Waals surface area (Å²) in [5, 5.41) is 12.4. The van der Waals surface area contributed by atoms with Crippen molar-refractivity contribution in [3.05, 3.63) is 59.2 Å². The van der Waals surface area contributed by atoms with Crippen molar-refractivity contribution < 1.29 is 14.7 Å². The Morgan fingerprint density at radius 2 is 1.75 bits per heavy atom. The summed E-state index contributed by atoms with van der Waals surface area (Å²) >= 11 is 0. The maximum absolute atomic E-state index is 12.1. The SMILES string of the molecule is CC(=O)c1ccccc1NC(=O)c1ccc(C)cc1O. The molecule has 0 saturated carbocycles. The molecule has 0 unspecified atom stereocenters. The lowest BCUT2D eigenvalue weighted by Crippen LogP contribution is -2.14. The van der Waals surface area contributed by atoms with Crippen molar-refractivity contribution in [3.8, 4) is 5.75 Å². The molecule has 2 aromatic carbocycles. The van der Waals surface area contributed by atoms with Crippen LogP contribution in [-0.4, -0.2) is 16.8 Å². The maximum Gasteiger partial charge on any atom is 0.259 e. The standard InChI is InChI=1S/C16H15NO3/c1-10-7-8-13(15(19)9-10)16(20)17-14-6-4-3-5-12(14)11(2)18/h3-9,19H,1-2H3,(H,17,20). The number of amides is 1. The summed E-state index contributed by atoms with van der Waals surface area (Å²) in [4.78, 5) is 23.6. The summed E-state index contributed by atoms with van der Waals surface area (Å²) in [5.41, 5.74) is 1.91. The molecule has 2 rings (SSSR count). The average Bonchev–Trinajstić information content (AvgIpc) is 2.38. The summed E-state index contributed by atoms with van der Waals surface area (Å²) in [6.45, 7) is 3.26. The van der Waals surface area contributed by atoms with Gasteiger partial charge in [-0.05, 0) is 43.7 Å². The monoisotopic (exact) mass is 269 g/mol. The highest BCUT2D eigenvalue weighted by atomic mass is 16.3. The highest BCUT2D eigenvalue weighted by molar-refractivity contribution is 6.10. The zero-order chi connectivity index (χ0) is 14.7. The molecule has 102 valence electrons. The number of nitrogens with one attached hydrogen (secondary N) is 1. The summed E-state index contributed by atoms with van der Waals surface area (Å²) in [7, 11) is 0. The molecule has 2 N–H and O–H groups in total. The molecule has 0 aliphatic heterocycles. The zero-order valence-electron chi connectivity index (χ0n) is 11.3. The largest absolute Gasteiger partial charge is 0.507 e. The van der Waals surface area contributed by atoms with Crippen molar-refractivity contribution in [2.24, 2.45) is 0 Å². The number of hydrogen-bond acceptors (Lipinski definition) is 3. The Balaban J connectivity index is 2.30. The van der Waals surface area contributed by atoms with Crippen LogP contribution >= 0.6 is 0 Å². The molecule has 0 fully saturated rings. The first kappa shape index (κ1) is 13.8. The predicted molar refractivity (Wildman–Crippen MR) is 77.2 cm³/mol. The molecular weight excluding hydrogens is 254 g/mol. The van der Waals surface area contributed by atoms with Crippen molar-refractivity contribution in [2.45, 2.75) is 13.8 Å². The summed E-state index contributed by atoms with van der Waals surface area (Å²) < 4.78 is 0. The predicted octanol–water partition coefficient (Wildman–Crippen LogP) is 3.16. The van der Waals surface area contributed by atoms with Gasteiger partial charge in [0.05, 0.1) is 11.3 Å². The second-order valence-electron chi connectivity index (χ2n) is 4.58. The molecule has 0 atom stereocenters. The van der Waals surface area contributed by atoms with Crippen molar-refractivity contribution in [1.29, 1.82) is 0 Å². The van der Waals surface area contributed by atoms with E-state index in [1.54, 1.807) is 36.4 Å². The topological polar surface area (TPSA) is 66.4 Å². The van der Waals surface area contributed by atoms with E-state index >= 15 is 0 Å². The number of hydrogen-bond donors (Lipinski definition) is 2. The second kappa shape index (κ2) is 5.57. The van der Waals surface area contributed by atoms with Gasteiger partial charge in [0, 0.05) is 5.56 Å². The molecule has 0 bridgehead atoms. The van der Waals surface area contributed by atoms with E-state index in [2.05, 4.69) is 5.32 Å². The smallest absolute Gasteiger partial charge is 0.259 e. The van der Waals surface area contributed by atoms with Crippen LogP contribution < -0.4 is 5.32 Å². The third kappa shape index (κ3) is 2.85. The number of carbonyl (C=O) groups excluding carboxylic acids is 2. The van der Waals surface area contributed by atoms with Gasteiger partial charge in [0.1, 0.15) is 5.75 Å². The van der Waals surface area contributed by atoms with Crippen LogP contribution in [-0.2, 0) is 0 Å². The third-order valence-electron chi connectivity index (χ3n) is 2.95.